The van der Waals surface area contributed by atoms with E-state index >= 15 is 0 Å². The van der Waals surface area contributed by atoms with E-state index in [2.05, 4.69) is 15.3 Å². The van der Waals surface area contributed by atoms with Gasteiger partial charge in [-0.05, 0) is 31.0 Å². The second-order valence-electron chi connectivity index (χ2n) is 5.32. The number of carbonyl (C=O) groups is 1. The number of benzene rings is 1. The molecule has 1 aromatic carbocycles. The molecule has 0 fully saturated rings. The zero-order valence-electron chi connectivity index (χ0n) is 12.9. The van der Waals surface area contributed by atoms with E-state index in [4.69, 9.17) is 0 Å². The van der Waals surface area contributed by atoms with Crippen molar-refractivity contribution in [2.45, 2.75) is 13.3 Å². The molecule has 0 aliphatic carbocycles. The summed E-state index contributed by atoms with van der Waals surface area (Å²) >= 11 is 0. The van der Waals surface area contributed by atoms with E-state index in [1.807, 2.05) is 49.4 Å². The van der Waals surface area contributed by atoms with Crippen LogP contribution in [0.25, 0.3) is 11.3 Å². The number of hydrogen-bond acceptors (Lipinski definition) is 3. The lowest BCUT2D eigenvalue weighted by atomic mass is 10.1. The Morgan fingerprint density at radius 2 is 1.96 bits per heavy atom. The first-order chi connectivity index (χ1) is 11.2. The number of carbonyl (C=O) groups excluding carboxylic acids is 1. The lowest BCUT2D eigenvalue weighted by Crippen LogP contribution is -2.29. The zero-order valence-corrected chi connectivity index (χ0v) is 12.9. The van der Waals surface area contributed by atoms with E-state index in [0.29, 0.717) is 6.54 Å². The second-order valence-corrected chi connectivity index (χ2v) is 5.32. The van der Waals surface area contributed by atoms with Crippen molar-refractivity contribution in [1.29, 1.82) is 0 Å². The van der Waals surface area contributed by atoms with Crippen LogP contribution in [0.4, 0.5) is 4.79 Å². The van der Waals surface area contributed by atoms with E-state index in [0.717, 1.165) is 23.4 Å². The Morgan fingerprint density at radius 1 is 1.13 bits per heavy atom. The van der Waals surface area contributed by atoms with Crippen molar-refractivity contribution in [3.05, 3.63) is 72.4 Å². The average molecular weight is 306 g/mol. The maximum atomic E-state index is 12.1. The van der Waals surface area contributed by atoms with Crippen molar-refractivity contribution in [3.8, 4) is 11.3 Å². The molecule has 5 heteroatoms. The molecule has 0 aliphatic rings. The van der Waals surface area contributed by atoms with Crippen LogP contribution in [0.5, 0.6) is 0 Å². The summed E-state index contributed by atoms with van der Waals surface area (Å²) in [5, 5.41) is 2.89. The van der Waals surface area contributed by atoms with Gasteiger partial charge < -0.3 is 5.32 Å². The van der Waals surface area contributed by atoms with Gasteiger partial charge in [0.05, 0.1) is 5.69 Å². The van der Waals surface area contributed by atoms with Gasteiger partial charge in [-0.2, -0.15) is 0 Å². The molecule has 0 radical (unpaired) electrons. The Kier molecular flexibility index (Phi) is 4.47. The molecule has 0 aliphatic heterocycles. The third-order valence-corrected chi connectivity index (χ3v) is 3.56. The number of pyridine rings is 1. The van der Waals surface area contributed by atoms with Gasteiger partial charge in [-0.3, -0.25) is 9.55 Å². The number of nitrogens with zero attached hydrogens (tertiary/aromatic N) is 3. The molecule has 0 unspecified atom stereocenters. The highest BCUT2D eigenvalue weighted by Crippen LogP contribution is 2.15. The molecule has 23 heavy (non-hydrogen) atoms. The molecule has 3 rings (SSSR count). The molecule has 2 heterocycles. The molecular formula is C18H18N4O. The lowest BCUT2D eigenvalue weighted by Gasteiger charge is -2.05. The van der Waals surface area contributed by atoms with Gasteiger partial charge in [0.1, 0.15) is 6.33 Å². The fourth-order valence-electron chi connectivity index (χ4n) is 2.25. The first-order valence-corrected chi connectivity index (χ1v) is 7.51. The van der Waals surface area contributed by atoms with Crippen molar-refractivity contribution >= 4 is 6.03 Å². The number of amides is 1. The molecule has 1 N–H and O–H groups in total. The van der Waals surface area contributed by atoms with Crippen LogP contribution in [0.3, 0.4) is 0 Å². The largest absolute Gasteiger partial charge is 0.337 e. The maximum absolute atomic E-state index is 12.1. The minimum Gasteiger partial charge on any atom is -0.337 e. The van der Waals surface area contributed by atoms with E-state index in [1.165, 1.54) is 16.5 Å². The molecule has 0 saturated heterocycles. The summed E-state index contributed by atoms with van der Waals surface area (Å²) in [4.78, 5) is 20.6. The standard InChI is InChI=1S/C18H18N4O/c1-14-7-8-16(11-20-14)17-12-22(13-21-17)18(23)19-10-9-15-5-3-2-4-6-15/h2-8,11-13H,9-10H2,1H3,(H,19,23). The Labute approximate surface area is 135 Å². The molecule has 116 valence electrons. The number of hydrogen-bond donors (Lipinski definition) is 1. The molecule has 0 bridgehead atoms. The van der Waals surface area contributed by atoms with Crippen LogP contribution in [-0.2, 0) is 6.42 Å². The highest BCUT2D eigenvalue weighted by molar-refractivity contribution is 5.77. The Morgan fingerprint density at radius 3 is 2.70 bits per heavy atom. The lowest BCUT2D eigenvalue weighted by molar-refractivity contribution is 0.242. The second kappa shape index (κ2) is 6.87. The maximum Gasteiger partial charge on any atom is 0.326 e. The quantitative estimate of drug-likeness (QED) is 0.806. The minimum atomic E-state index is -0.181. The topological polar surface area (TPSA) is 59.8 Å². The van der Waals surface area contributed by atoms with Gasteiger partial charge in [0, 0.05) is 30.2 Å². The van der Waals surface area contributed by atoms with Gasteiger partial charge in [-0.1, -0.05) is 30.3 Å². The van der Waals surface area contributed by atoms with Gasteiger partial charge in [-0.25, -0.2) is 9.78 Å². The van der Waals surface area contributed by atoms with Crippen molar-refractivity contribution in [3.63, 3.8) is 0 Å². The summed E-state index contributed by atoms with van der Waals surface area (Å²) in [6.45, 7) is 2.52. The molecule has 2 aromatic heterocycles. The summed E-state index contributed by atoms with van der Waals surface area (Å²) in [6.07, 6.45) is 5.79. The number of nitrogens with one attached hydrogen (secondary N) is 1. The molecule has 0 atom stereocenters. The zero-order chi connectivity index (χ0) is 16.1. The molecule has 5 nitrogen and oxygen atoms in total. The summed E-state index contributed by atoms with van der Waals surface area (Å²) in [6, 6.07) is 13.8. The first kappa shape index (κ1) is 15.0. The van der Waals surface area contributed by atoms with Gasteiger partial charge in [0.15, 0.2) is 0 Å². The predicted octanol–water partition coefficient (Wildman–Crippen LogP) is 3.05. The minimum absolute atomic E-state index is 0.181. The van der Waals surface area contributed by atoms with E-state index < -0.39 is 0 Å². The third-order valence-electron chi connectivity index (χ3n) is 3.56. The van der Waals surface area contributed by atoms with Crippen LogP contribution in [-0.4, -0.2) is 27.1 Å². The molecule has 0 spiro atoms. The van der Waals surface area contributed by atoms with Crippen LogP contribution >= 0.6 is 0 Å². The molecule has 3 aromatic rings. The predicted molar refractivity (Wildman–Crippen MR) is 89.1 cm³/mol. The molecular weight excluding hydrogens is 288 g/mol. The SMILES string of the molecule is Cc1ccc(-c2cn(C(=O)NCCc3ccccc3)cn2)cn1. The average Bonchev–Trinajstić information content (AvgIpc) is 3.06. The van der Waals surface area contributed by atoms with E-state index in [9.17, 15) is 4.79 Å². The Bertz CT molecular complexity index is 778. The van der Waals surface area contributed by atoms with E-state index in [1.54, 1.807) is 12.4 Å². The van der Waals surface area contributed by atoms with Crippen molar-refractivity contribution in [2.24, 2.45) is 0 Å². The number of rotatable bonds is 4. The van der Waals surface area contributed by atoms with Gasteiger partial charge in [0.2, 0.25) is 0 Å². The Balaban J connectivity index is 1.59. The van der Waals surface area contributed by atoms with Gasteiger partial charge in [-0.15, -0.1) is 0 Å². The van der Waals surface area contributed by atoms with Crippen LogP contribution in [0, 0.1) is 6.92 Å². The summed E-state index contributed by atoms with van der Waals surface area (Å²) < 4.78 is 1.46. The molecule has 0 saturated carbocycles. The fraction of sp³-hybridized carbons (Fsp3) is 0.167. The summed E-state index contributed by atoms with van der Waals surface area (Å²) in [7, 11) is 0. The van der Waals surface area contributed by atoms with Crippen LogP contribution in [0.2, 0.25) is 0 Å². The monoisotopic (exact) mass is 306 g/mol. The first-order valence-electron chi connectivity index (χ1n) is 7.51. The van der Waals surface area contributed by atoms with Crippen molar-refractivity contribution in [1.82, 2.24) is 19.9 Å². The van der Waals surface area contributed by atoms with Crippen LogP contribution in [0.15, 0.2) is 61.2 Å². The van der Waals surface area contributed by atoms with Crippen molar-refractivity contribution in [2.75, 3.05) is 6.54 Å². The number of aromatic nitrogens is 3. The summed E-state index contributed by atoms with van der Waals surface area (Å²) in [5.74, 6) is 0. The number of imidazole rings is 1. The Hall–Kier alpha value is -2.95. The fourth-order valence-corrected chi connectivity index (χ4v) is 2.25. The van der Waals surface area contributed by atoms with Gasteiger partial charge >= 0.3 is 6.03 Å². The third kappa shape index (κ3) is 3.83. The van der Waals surface area contributed by atoms with Crippen LogP contribution in [0.1, 0.15) is 11.3 Å². The van der Waals surface area contributed by atoms with Crippen LogP contribution < -0.4 is 5.32 Å². The smallest absolute Gasteiger partial charge is 0.326 e. The van der Waals surface area contributed by atoms with E-state index in [-0.39, 0.29) is 6.03 Å². The highest BCUT2D eigenvalue weighted by atomic mass is 16.2. The van der Waals surface area contributed by atoms with Crippen molar-refractivity contribution < 1.29 is 4.79 Å². The molecule has 1 amide bonds. The number of aryl methyl sites for hydroxylation is 1. The van der Waals surface area contributed by atoms with Gasteiger partial charge in [0.25, 0.3) is 0 Å². The highest BCUT2D eigenvalue weighted by Gasteiger charge is 2.07. The normalized spacial score (nSPS) is 10.5. The summed E-state index contributed by atoms with van der Waals surface area (Å²) in [5.41, 5.74) is 3.78.